The Morgan fingerprint density at radius 3 is 2.26 bits per heavy atom. The Morgan fingerprint density at radius 2 is 1.58 bits per heavy atom. The lowest BCUT2D eigenvalue weighted by Crippen LogP contribution is -2.09. The van der Waals surface area contributed by atoms with Gasteiger partial charge < -0.3 is 0 Å². The molecule has 0 fully saturated rings. The Balaban J connectivity index is 1.98. The van der Waals surface area contributed by atoms with Crippen molar-refractivity contribution in [3.8, 4) is 0 Å². The average Bonchev–Trinajstić information content (AvgIpc) is 2.46. The third kappa shape index (κ3) is 3.42. The van der Waals surface area contributed by atoms with Crippen LogP contribution >= 0.6 is 11.6 Å². The van der Waals surface area contributed by atoms with Crippen LogP contribution in [0.5, 0.6) is 0 Å². The molecule has 2 aromatic rings. The van der Waals surface area contributed by atoms with Gasteiger partial charge in [-0.15, -0.1) is 0 Å². The Kier molecular flexibility index (Phi) is 4.30. The van der Waals surface area contributed by atoms with Crippen molar-refractivity contribution in [3.05, 3.63) is 53.3 Å². The van der Waals surface area contributed by atoms with E-state index in [4.69, 9.17) is 11.6 Å². The minimum atomic E-state index is -0.277. The van der Waals surface area contributed by atoms with E-state index in [0.29, 0.717) is 0 Å². The molecule has 0 unspecified atom stereocenters. The number of halogens is 1. The second-order valence-electron chi connectivity index (χ2n) is 3.75. The number of hydrogen-bond acceptors (Lipinski definition) is 5. The summed E-state index contributed by atoms with van der Waals surface area (Å²) in [6.07, 6.45) is 4.53. The molecular formula is C13H10ClN3O2. The first-order chi connectivity index (χ1) is 9.18. The van der Waals surface area contributed by atoms with Crippen molar-refractivity contribution in [2.45, 2.75) is 12.8 Å². The summed E-state index contributed by atoms with van der Waals surface area (Å²) in [6, 6.07) is 4.85. The van der Waals surface area contributed by atoms with Crippen LogP contribution in [0.25, 0.3) is 0 Å². The second-order valence-corrected chi connectivity index (χ2v) is 4.16. The second kappa shape index (κ2) is 6.15. The maximum atomic E-state index is 11.9. The molecular weight excluding hydrogens is 266 g/mol. The minimum Gasteiger partial charge on any atom is -0.292 e. The van der Waals surface area contributed by atoms with E-state index in [9.17, 15) is 9.59 Å². The zero-order valence-electron chi connectivity index (χ0n) is 9.91. The van der Waals surface area contributed by atoms with Gasteiger partial charge in [0.05, 0.1) is 5.02 Å². The first-order valence-corrected chi connectivity index (χ1v) is 6.00. The van der Waals surface area contributed by atoms with E-state index >= 15 is 0 Å². The van der Waals surface area contributed by atoms with Gasteiger partial charge >= 0.3 is 0 Å². The van der Waals surface area contributed by atoms with Gasteiger partial charge in [0.15, 0.2) is 17.4 Å². The number of nitrogens with zero attached hydrogens (tertiary/aromatic N) is 3. The Morgan fingerprint density at radius 1 is 0.947 bits per heavy atom. The fourth-order valence-corrected chi connectivity index (χ4v) is 1.72. The Bertz CT molecular complexity index is 602. The first-order valence-electron chi connectivity index (χ1n) is 5.62. The predicted molar refractivity (Wildman–Crippen MR) is 69.2 cm³/mol. The van der Waals surface area contributed by atoms with Gasteiger partial charge in [-0.3, -0.25) is 14.6 Å². The normalized spacial score (nSPS) is 10.2. The maximum absolute atomic E-state index is 11.9. The van der Waals surface area contributed by atoms with Crippen LogP contribution in [0.2, 0.25) is 5.02 Å². The first kappa shape index (κ1) is 13.3. The summed E-state index contributed by atoms with van der Waals surface area (Å²) in [6.45, 7) is 0. The van der Waals surface area contributed by atoms with Crippen LogP contribution in [0.4, 0.5) is 0 Å². The lowest BCUT2D eigenvalue weighted by atomic mass is 10.1. The molecule has 0 radical (unpaired) electrons. The van der Waals surface area contributed by atoms with Crippen molar-refractivity contribution in [2.75, 3.05) is 0 Å². The van der Waals surface area contributed by atoms with Gasteiger partial charge in [0, 0.05) is 31.4 Å². The molecule has 6 heteroatoms. The molecule has 0 aliphatic heterocycles. The van der Waals surface area contributed by atoms with Gasteiger partial charge in [-0.2, -0.15) is 0 Å². The number of carbonyl (C=O) groups is 2. The summed E-state index contributed by atoms with van der Waals surface area (Å²) in [5, 5.41) is 0.288. The maximum Gasteiger partial charge on any atom is 0.200 e. The molecule has 2 heterocycles. The zero-order valence-corrected chi connectivity index (χ0v) is 10.7. The fraction of sp³-hybridized carbons (Fsp3) is 0.154. The molecule has 0 aliphatic rings. The number of carbonyl (C=O) groups excluding carboxylic acids is 2. The largest absolute Gasteiger partial charge is 0.292 e. The molecule has 0 atom stereocenters. The van der Waals surface area contributed by atoms with Gasteiger partial charge in [0.1, 0.15) is 5.69 Å². The van der Waals surface area contributed by atoms with Crippen molar-refractivity contribution in [2.24, 2.45) is 0 Å². The quantitative estimate of drug-likeness (QED) is 0.783. The van der Waals surface area contributed by atoms with E-state index in [0.717, 1.165) is 0 Å². The molecule has 96 valence electrons. The lowest BCUT2D eigenvalue weighted by Gasteiger charge is -2.01. The number of hydrogen-bond donors (Lipinski definition) is 0. The van der Waals surface area contributed by atoms with Crippen LogP contribution < -0.4 is 0 Å². The van der Waals surface area contributed by atoms with E-state index in [2.05, 4.69) is 15.0 Å². The van der Waals surface area contributed by atoms with Gasteiger partial charge in [0.2, 0.25) is 0 Å². The molecule has 0 aromatic carbocycles. The van der Waals surface area contributed by atoms with Gasteiger partial charge in [-0.1, -0.05) is 11.6 Å². The summed E-state index contributed by atoms with van der Waals surface area (Å²) in [7, 11) is 0. The van der Waals surface area contributed by atoms with Crippen LogP contribution in [0.15, 0.2) is 36.8 Å². The van der Waals surface area contributed by atoms with Crippen LogP contribution in [-0.4, -0.2) is 26.5 Å². The topological polar surface area (TPSA) is 72.8 Å². The summed E-state index contributed by atoms with van der Waals surface area (Å²) in [4.78, 5) is 35.2. The summed E-state index contributed by atoms with van der Waals surface area (Å²) in [5.41, 5.74) is 0.186. The molecule has 2 aromatic heterocycles. The van der Waals surface area contributed by atoms with E-state index in [1.54, 1.807) is 18.2 Å². The fourth-order valence-electron chi connectivity index (χ4n) is 1.49. The highest BCUT2D eigenvalue weighted by molar-refractivity contribution is 6.33. The Labute approximate surface area is 114 Å². The number of aromatic nitrogens is 3. The molecule has 0 N–H and O–H groups in total. The van der Waals surface area contributed by atoms with Crippen molar-refractivity contribution >= 4 is 23.2 Å². The smallest absolute Gasteiger partial charge is 0.200 e. The van der Waals surface area contributed by atoms with Gasteiger partial charge in [-0.25, -0.2) is 9.97 Å². The minimum absolute atomic E-state index is 0.0355. The van der Waals surface area contributed by atoms with Crippen LogP contribution in [0.3, 0.4) is 0 Å². The lowest BCUT2D eigenvalue weighted by molar-refractivity contribution is 0.0909. The predicted octanol–water partition coefficient (Wildman–Crippen LogP) is 2.37. The molecule has 0 spiro atoms. The number of ketones is 2. The molecule has 0 saturated carbocycles. The monoisotopic (exact) mass is 275 g/mol. The van der Waals surface area contributed by atoms with Crippen LogP contribution in [0.1, 0.15) is 33.9 Å². The third-order valence-electron chi connectivity index (χ3n) is 2.42. The van der Waals surface area contributed by atoms with E-state index in [1.165, 1.54) is 18.6 Å². The molecule has 0 aliphatic carbocycles. The average molecular weight is 276 g/mol. The van der Waals surface area contributed by atoms with E-state index in [-0.39, 0.29) is 40.9 Å². The van der Waals surface area contributed by atoms with Crippen molar-refractivity contribution in [1.29, 1.82) is 0 Å². The van der Waals surface area contributed by atoms with Crippen LogP contribution in [-0.2, 0) is 0 Å². The molecule has 0 saturated heterocycles. The SMILES string of the molecule is O=C(CCC(=O)c1ncccc1Cl)c1ncccn1. The molecule has 19 heavy (non-hydrogen) atoms. The Hall–Kier alpha value is -2.14. The van der Waals surface area contributed by atoms with Gasteiger partial charge in [-0.05, 0) is 18.2 Å². The van der Waals surface area contributed by atoms with E-state index in [1.807, 2.05) is 0 Å². The summed E-state index contributed by atoms with van der Waals surface area (Å²) >= 11 is 5.86. The van der Waals surface area contributed by atoms with Crippen molar-refractivity contribution in [1.82, 2.24) is 15.0 Å². The zero-order chi connectivity index (χ0) is 13.7. The van der Waals surface area contributed by atoms with Crippen LogP contribution in [0, 0.1) is 0 Å². The standard InChI is InChI=1S/C13H10ClN3O2/c14-9-3-1-6-15-12(9)10(18)4-5-11(19)13-16-7-2-8-17-13/h1-3,6-8H,4-5H2. The van der Waals surface area contributed by atoms with Gasteiger partial charge in [0.25, 0.3) is 0 Å². The van der Waals surface area contributed by atoms with Crippen molar-refractivity contribution < 1.29 is 9.59 Å². The molecule has 5 nitrogen and oxygen atoms in total. The van der Waals surface area contributed by atoms with Crippen molar-refractivity contribution in [3.63, 3.8) is 0 Å². The number of Topliss-reactive ketones (excluding diaryl/α,β-unsaturated/α-hetero) is 2. The highest BCUT2D eigenvalue weighted by Crippen LogP contribution is 2.15. The summed E-state index contributed by atoms with van der Waals surface area (Å²) in [5.74, 6) is -0.432. The molecule has 2 rings (SSSR count). The highest BCUT2D eigenvalue weighted by atomic mass is 35.5. The highest BCUT2D eigenvalue weighted by Gasteiger charge is 2.15. The molecule has 0 bridgehead atoms. The molecule has 0 amide bonds. The number of rotatable bonds is 5. The number of pyridine rings is 1. The third-order valence-corrected chi connectivity index (χ3v) is 2.72. The van der Waals surface area contributed by atoms with E-state index < -0.39 is 0 Å². The summed E-state index contributed by atoms with van der Waals surface area (Å²) < 4.78 is 0.